The molecule has 0 aliphatic rings. The molecule has 2 amide bonds. The lowest BCUT2D eigenvalue weighted by molar-refractivity contribution is -0.385. The van der Waals surface area contributed by atoms with Crippen LogP contribution >= 0.6 is 0 Å². The molecule has 0 aromatic heterocycles. The number of rotatable bonds is 11. The zero-order valence-electron chi connectivity index (χ0n) is 17.1. The van der Waals surface area contributed by atoms with E-state index in [0.717, 1.165) is 19.6 Å². The molecule has 2 rings (SSSR count). The number of carbonyl (C=O) groups excluding carboxylic acids is 2. The maximum absolute atomic E-state index is 12.2. The fraction of sp³-hybridized carbons (Fsp3) is 0.333. The number of hydrogen-bond acceptors (Lipinski definition) is 6. The van der Waals surface area contributed by atoms with Crippen LogP contribution in [0, 0.1) is 10.1 Å². The highest BCUT2D eigenvalue weighted by Gasteiger charge is 2.15. The summed E-state index contributed by atoms with van der Waals surface area (Å²) in [6.07, 6.45) is 0. The fourth-order valence-electron chi connectivity index (χ4n) is 2.74. The number of likely N-dealkylation sites (N-methyl/N-ethyl adjacent to an activating group) is 1. The van der Waals surface area contributed by atoms with Crippen molar-refractivity contribution < 1.29 is 19.2 Å². The van der Waals surface area contributed by atoms with Gasteiger partial charge in [-0.1, -0.05) is 26.0 Å². The van der Waals surface area contributed by atoms with Gasteiger partial charge < -0.3 is 20.3 Å². The summed E-state index contributed by atoms with van der Waals surface area (Å²) in [7, 11) is 0. The molecule has 0 spiro atoms. The van der Waals surface area contributed by atoms with Crippen molar-refractivity contribution in [3.63, 3.8) is 0 Å². The smallest absolute Gasteiger partial charge is 0.310 e. The van der Waals surface area contributed by atoms with Gasteiger partial charge in [0, 0.05) is 30.4 Å². The average Bonchev–Trinajstić information content (AvgIpc) is 2.75. The van der Waals surface area contributed by atoms with Crippen LogP contribution < -0.4 is 15.4 Å². The lowest BCUT2D eigenvalue weighted by atomic mass is 10.2. The van der Waals surface area contributed by atoms with Crippen LogP contribution in [0.5, 0.6) is 5.75 Å². The molecule has 0 bridgehead atoms. The van der Waals surface area contributed by atoms with Gasteiger partial charge in [-0.25, -0.2) is 0 Å². The molecule has 0 unspecified atom stereocenters. The highest BCUT2D eigenvalue weighted by Crippen LogP contribution is 2.25. The molecule has 0 atom stereocenters. The van der Waals surface area contributed by atoms with Crippen molar-refractivity contribution in [2.24, 2.45) is 0 Å². The van der Waals surface area contributed by atoms with E-state index in [1.165, 1.54) is 18.2 Å². The molecule has 0 saturated carbocycles. The van der Waals surface area contributed by atoms with Gasteiger partial charge in [0.25, 0.3) is 11.8 Å². The van der Waals surface area contributed by atoms with Gasteiger partial charge in [-0.3, -0.25) is 19.7 Å². The van der Waals surface area contributed by atoms with E-state index in [1.54, 1.807) is 30.3 Å². The number of carbonyl (C=O) groups is 2. The Hall–Kier alpha value is -3.46. The minimum absolute atomic E-state index is 0.0226. The Kier molecular flexibility index (Phi) is 8.76. The monoisotopic (exact) mass is 414 g/mol. The van der Waals surface area contributed by atoms with E-state index in [-0.39, 0.29) is 24.0 Å². The van der Waals surface area contributed by atoms with Gasteiger partial charge in [0.15, 0.2) is 12.4 Å². The SMILES string of the molecule is CCN(CC)CCNC(=O)c1ccc(NC(=O)COc2ccccc2[N+](=O)[O-])cc1. The Morgan fingerprint density at radius 1 is 1.07 bits per heavy atom. The van der Waals surface area contributed by atoms with Gasteiger partial charge in [-0.05, 0) is 43.4 Å². The third-order valence-corrected chi connectivity index (χ3v) is 4.46. The standard InChI is InChI=1S/C21H26N4O5/c1-3-24(4-2)14-13-22-21(27)16-9-11-17(12-10-16)23-20(26)15-30-19-8-6-5-7-18(19)25(28)29/h5-12H,3-4,13-15H2,1-2H3,(H,22,27)(H,23,26). The van der Waals surface area contributed by atoms with Crippen LogP contribution in [-0.4, -0.2) is 54.4 Å². The summed E-state index contributed by atoms with van der Waals surface area (Å²) >= 11 is 0. The van der Waals surface area contributed by atoms with E-state index in [1.807, 2.05) is 0 Å². The summed E-state index contributed by atoms with van der Waals surface area (Å²) in [5, 5.41) is 16.5. The molecule has 9 nitrogen and oxygen atoms in total. The Balaban J connectivity index is 1.83. The maximum Gasteiger partial charge on any atom is 0.310 e. The van der Waals surface area contributed by atoms with E-state index in [9.17, 15) is 19.7 Å². The lowest BCUT2D eigenvalue weighted by Crippen LogP contribution is -2.34. The molecular formula is C21H26N4O5. The van der Waals surface area contributed by atoms with Crippen LogP contribution in [0.1, 0.15) is 24.2 Å². The second-order valence-electron chi connectivity index (χ2n) is 6.42. The van der Waals surface area contributed by atoms with E-state index >= 15 is 0 Å². The van der Waals surface area contributed by atoms with Crippen LogP contribution in [0.3, 0.4) is 0 Å². The number of nitrogens with one attached hydrogen (secondary N) is 2. The van der Waals surface area contributed by atoms with E-state index in [4.69, 9.17) is 4.74 Å². The Morgan fingerprint density at radius 3 is 2.37 bits per heavy atom. The van der Waals surface area contributed by atoms with Crippen LogP contribution in [0.4, 0.5) is 11.4 Å². The largest absolute Gasteiger partial charge is 0.477 e. The first-order valence-electron chi connectivity index (χ1n) is 9.71. The van der Waals surface area contributed by atoms with Crippen LogP contribution in [0.25, 0.3) is 0 Å². The Bertz CT molecular complexity index is 866. The van der Waals surface area contributed by atoms with Crippen molar-refractivity contribution in [2.75, 3.05) is 38.1 Å². The molecule has 9 heteroatoms. The predicted molar refractivity (Wildman–Crippen MR) is 114 cm³/mol. The predicted octanol–water partition coefficient (Wildman–Crippen LogP) is 2.68. The Morgan fingerprint density at radius 2 is 1.73 bits per heavy atom. The zero-order valence-corrected chi connectivity index (χ0v) is 17.1. The first-order chi connectivity index (χ1) is 14.4. The van der Waals surface area contributed by atoms with Gasteiger partial charge >= 0.3 is 5.69 Å². The Labute approximate surface area is 175 Å². The number of amides is 2. The fourth-order valence-corrected chi connectivity index (χ4v) is 2.74. The number of ether oxygens (including phenoxy) is 1. The van der Waals surface area contributed by atoms with E-state index in [0.29, 0.717) is 17.8 Å². The maximum atomic E-state index is 12.2. The van der Waals surface area contributed by atoms with Gasteiger partial charge in [-0.15, -0.1) is 0 Å². The summed E-state index contributed by atoms with van der Waals surface area (Å²) in [4.78, 5) is 36.9. The molecule has 0 saturated heterocycles. The average molecular weight is 414 g/mol. The van der Waals surface area contributed by atoms with Crippen molar-refractivity contribution >= 4 is 23.2 Å². The van der Waals surface area contributed by atoms with Gasteiger partial charge in [-0.2, -0.15) is 0 Å². The van der Waals surface area contributed by atoms with Crippen LogP contribution in [-0.2, 0) is 4.79 Å². The summed E-state index contributed by atoms with van der Waals surface area (Å²) in [5.74, 6) is -0.626. The van der Waals surface area contributed by atoms with Crippen molar-refractivity contribution in [2.45, 2.75) is 13.8 Å². The first kappa shape index (κ1) is 22.8. The van der Waals surface area contributed by atoms with E-state index < -0.39 is 10.8 Å². The van der Waals surface area contributed by atoms with Crippen molar-refractivity contribution in [1.82, 2.24) is 10.2 Å². The van der Waals surface area contributed by atoms with Gasteiger partial charge in [0.2, 0.25) is 0 Å². The zero-order chi connectivity index (χ0) is 21.9. The summed E-state index contributed by atoms with van der Waals surface area (Å²) in [6, 6.07) is 12.3. The molecule has 0 aliphatic carbocycles. The molecule has 2 aromatic rings. The van der Waals surface area contributed by atoms with Crippen LogP contribution in [0.2, 0.25) is 0 Å². The molecule has 0 fully saturated rings. The highest BCUT2D eigenvalue weighted by atomic mass is 16.6. The molecule has 30 heavy (non-hydrogen) atoms. The number of benzene rings is 2. The second kappa shape index (κ2) is 11.5. The molecule has 160 valence electrons. The van der Waals surface area contributed by atoms with Gasteiger partial charge in [0.1, 0.15) is 0 Å². The molecule has 2 N–H and O–H groups in total. The highest BCUT2D eigenvalue weighted by molar-refractivity contribution is 5.96. The first-order valence-corrected chi connectivity index (χ1v) is 9.71. The summed E-state index contributed by atoms with van der Waals surface area (Å²) in [5.41, 5.74) is 0.774. The van der Waals surface area contributed by atoms with Crippen LogP contribution in [0.15, 0.2) is 48.5 Å². The topological polar surface area (TPSA) is 114 Å². The van der Waals surface area contributed by atoms with E-state index in [2.05, 4.69) is 29.4 Å². The molecular weight excluding hydrogens is 388 g/mol. The summed E-state index contributed by atoms with van der Waals surface area (Å²) in [6.45, 7) is 6.98. The number of nitrogens with zero attached hydrogens (tertiary/aromatic N) is 2. The molecule has 2 aromatic carbocycles. The minimum Gasteiger partial charge on any atom is -0.477 e. The molecule has 0 heterocycles. The second-order valence-corrected chi connectivity index (χ2v) is 6.42. The van der Waals surface area contributed by atoms with Crippen molar-refractivity contribution in [1.29, 1.82) is 0 Å². The lowest BCUT2D eigenvalue weighted by Gasteiger charge is -2.18. The van der Waals surface area contributed by atoms with Crippen molar-refractivity contribution in [3.8, 4) is 5.75 Å². The number of nitro groups is 1. The molecule has 0 radical (unpaired) electrons. The van der Waals surface area contributed by atoms with Crippen molar-refractivity contribution in [3.05, 3.63) is 64.2 Å². The third-order valence-electron chi connectivity index (χ3n) is 4.46. The normalized spacial score (nSPS) is 10.5. The quantitative estimate of drug-likeness (QED) is 0.432. The number of anilines is 1. The number of para-hydroxylation sites is 2. The van der Waals surface area contributed by atoms with Gasteiger partial charge in [0.05, 0.1) is 4.92 Å². The number of nitro benzene ring substituents is 1. The summed E-state index contributed by atoms with van der Waals surface area (Å²) < 4.78 is 5.25. The third kappa shape index (κ3) is 6.85. The molecule has 0 aliphatic heterocycles. The number of hydrogen-bond donors (Lipinski definition) is 2. The minimum atomic E-state index is -0.570.